The summed E-state index contributed by atoms with van der Waals surface area (Å²) in [7, 11) is 0. The smallest absolute Gasteiger partial charge is 0.0668 e. The van der Waals surface area contributed by atoms with E-state index >= 15 is 0 Å². The lowest BCUT2D eigenvalue weighted by Crippen LogP contribution is -2.37. The average molecular weight is 358 g/mol. The number of halogens is 1. The Morgan fingerprint density at radius 2 is 1.80 bits per heavy atom. The van der Waals surface area contributed by atoms with Gasteiger partial charge >= 0.3 is 0 Å². The summed E-state index contributed by atoms with van der Waals surface area (Å²) in [5, 5.41) is 8.56. The second-order valence-electron chi connectivity index (χ2n) is 7.77. The number of benzene rings is 1. The number of hydrogen-bond acceptors (Lipinski definition) is 2. The van der Waals surface area contributed by atoms with Crippen molar-refractivity contribution in [3.05, 3.63) is 41.0 Å². The van der Waals surface area contributed by atoms with Crippen molar-refractivity contribution in [2.75, 3.05) is 19.6 Å². The van der Waals surface area contributed by atoms with Gasteiger partial charge in [-0.05, 0) is 56.8 Å². The van der Waals surface area contributed by atoms with Crippen molar-refractivity contribution in [2.45, 2.75) is 50.9 Å². The highest BCUT2D eigenvalue weighted by atomic mass is 35.5. The van der Waals surface area contributed by atoms with Crippen LogP contribution in [0.1, 0.15) is 56.6 Å². The first-order chi connectivity index (χ1) is 12.3. The maximum Gasteiger partial charge on any atom is 0.0668 e. The first kappa shape index (κ1) is 17.1. The summed E-state index contributed by atoms with van der Waals surface area (Å²) in [6.45, 7) is 3.75. The fraction of sp³-hybridized carbons (Fsp3) is 0.571. The van der Waals surface area contributed by atoms with Gasteiger partial charge in [0.2, 0.25) is 0 Å². The SMILES string of the molecule is Clc1ccccc1-c1cc(C2CCN(CC3CCCCC3)CC2)n[nH]1. The molecule has 0 spiro atoms. The van der Waals surface area contributed by atoms with Crippen LogP contribution in [0.3, 0.4) is 0 Å². The number of aromatic amines is 1. The number of aromatic nitrogens is 2. The van der Waals surface area contributed by atoms with E-state index in [0.717, 1.165) is 22.2 Å². The van der Waals surface area contributed by atoms with E-state index in [0.29, 0.717) is 5.92 Å². The number of nitrogens with one attached hydrogen (secondary N) is 1. The van der Waals surface area contributed by atoms with Crippen LogP contribution in [0.5, 0.6) is 0 Å². The molecule has 1 saturated heterocycles. The number of likely N-dealkylation sites (tertiary alicyclic amines) is 1. The van der Waals surface area contributed by atoms with Gasteiger partial charge in [-0.15, -0.1) is 0 Å². The van der Waals surface area contributed by atoms with E-state index < -0.39 is 0 Å². The fourth-order valence-electron chi connectivity index (χ4n) is 4.51. The number of rotatable bonds is 4. The summed E-state index contributed by atoms with van der Waals surface area (Å²) in [5.41, 5.74) is 3.27. The van der Waals surface area contributed by atoms with Crippen molar-refractivity contribution >= 4 is 11.6 Å². The summed E-state index contributed by atoms with van der Waals surface area (Å²) in [4.78, 5) is 2.69. The number of H-pyrrole nitrogens is 1. The molecule has 1 aliphatic heterocycles. The minimum Gasteiger partial charge on any atom is -0.303 e. The van der Waals surface area contributed by atoms with Gasteiger partial charge in [0.25, 0.3) is 0 Å². The van der Waals surface area contributed by atoms with Gasteiger partial charge in [0.1, 0.15) is 0 Å². The molecule has 2 aromatic rings. The molecule has 0 unspecified atom stereocenters. The van der Waals surface area contributed by atoms with Crippen LogP contribution < -0.4 is 0 Å². The van der Waals surface area contributed by atoms with E-state index in [1.165, 1.54) is 70.3 Å². The molecule has 3 nitrogen and oxygen atoms in total. The number of nitrogens with zero attached hydrogens (tertiary/aromatic N) is 2. The van der Waals surface area contributed by atoms with Crippen LogP contribution in [0.4, 0.5) is 0 Å². The van der Waals surface area contributed by atoms with Crippen molar-refractivity contribution in [1.29, 1.82) is 0 Å². The minimum atomic E-state index is 0.579. The van der Waals surface area contributed by atoms with Crippen molar-refractivity contribution < 1.29 is 0 Å². The summed E-state index contributed by atoms with van der Waals surface area (Å²) < 4.78 is 0. The Morgan fingerprint density at radius 3 is 2.56 bits per heavy atom. The zero-order valence-electron chi connectivity index (χ0n) is 14.9. The van der Waals surface area contributed by atoms with Gasteiger partial charge < -0.3 is 4.90 Å². The third-order valence-electron chi connectivity index (χ3n) is 6.01. The molecule has 4 heteroatoms. The van der Waals surface area contributed by atoms with Gasteiger partial charge in [0.05, 0.1) is 11.4 Å². The summed E-state index contributed by atoms with van der Waals surface area (Å²) >= 11 is 6.31. The fourth-order valence-corrected chi connectivity index (χ4v) is 4.75. The Balaban J connectivity index is 1.34. The molecule has 4 rings (SSSR count). The van der Waals surface area contributed by atoms with Gasteiger partial charge in [-0.2, -0.15) is 5.10 Å². The number of piperidine rings is 1. The molecule has 0 radical (unpaired) electrons. The van der Waals surface area contributed by atoms with Gasteiger partial charge in [-0.3, -0.25) is 5.10 Å². The van der Waals surface area contributed by atoms with Crippen LogP contribution in [0, 0.1) is 5.92 Å². The monoisotopic (exact) mass is 357 g/mol. The van der Waals surface area contributed by atoms with E-state index in [1.807, 2.05) is 24.3 Å². The quantitative estimate of drug-likeness (QED) is 0.784. The standard InChI is InChI=1S/C21H28ClN3/c22-19-9-5-4-8-18(19)21-14-20(23-24-21)17-10-12-25(13-11-17)15-16-6-2-1-3-7-16/h4-5,8-9,14,16-17H,1-3,6-7,10-13,15H2,(H,23,24). The molecular formula is C21H28ClN3. The van der Waals surface area contributed by atoms with Crippen LogP contribution in [-0.2, 0) is 0 Å². The van der Waals surface area contributed by atoms with Crippen molar-refractivity contribution in [3.63, 3.8) is 0 Å². The van der Waals surface area contributed by atoms with Crippen molar-refractivity contribution in [1.82, 2.24) is 15.1 Å². The van der Waals surface area contributed by atoms with Crippen molar-refractivity contribution in [2.24, 2.45) is 5.92 Å². The summed E-state index contributed by atoms with van der Waals surface area (Å²) in [5.74, 6) is 1.53. The molecule has 1 aliphatic carbocycles. The lowest BCUT2D eigenvalue weighted by Gasteiger charge is -2.34. The highest BCUT2D eigenvalue weighted by Crippen LogP contribution is 2.32. The van der Waals surface area contributed by atoms with Crippen LogP contribution in [-0.4, -0.2) is 34.7 Å². The van der Waals surface area contributed by atoms with Crippen LogP contribution in [0.2, 0.25) is 5.02 Å². The summed E-state index contributed by atoms with van der Waals surface area (Å²) in [6.07, 6.45) is 9.67. The van der Waals surface area contributed by atoms with E-state index in [9.17, 15) is 0 Å². The number of hydrogen-bond donors (Lipinski definition) is 1. The highest BCUT2D eigenvalue weighted by Gasteiger charge is 2.25. The molecule has 25 heavy (non-hydrogen) atoms. The van der Waals surface area contributed by atoms with Gasteiger partial charge in [0, 0.05) is 23.0 Å². The first-order valence-corrected chi connectivity index (χ1v) is 10.2. The second-order valence-corrected chi connectivity index (χ2v) is 8.17. The lowest BCUT2D eigenvalue weighted by atomic mass is 9.87. The third kappa shape index (κ3) is 4.09. The van der Waals surface area contributed by atoms with E-state index in [-0.39, 0.29) is 0 Å². The molecule has 1 N–H and O–H groups in total. The molecule has 134 valence electrons. The van der Waals surface area contributed by atoms with E-state index in [4.69, 9.17) is 11.6 Å². The Kier molecular flexibility index (Phi) is 5.42. The molecule has 0 bridgehead atoms. The van der Waals surface area contributed by atoms with Gasteiger partial charge in [0.15, 0.2) is 0 Å². The van der Waals surface area contributed by atoms with E-state index in [2.05, 4.69) is 21.2 Å². The third-order valence-corrected chi connectivity index (χ3v) is 6.34. The minimum absolute atomic E-state index is 0.579. The molecule has 2 aliphatic rings. The Morgan fingerprint density at radius 1 is 1.04 bits per heavy atom. The van der Waals surface area contributed by atoms with Crippen LogP contribution in [0.15, 0.2) is 30.3 Å². The van der Waals surface area contributed by atoms with Crippen LogP contribution >= 0.6 is 11.6 Å². The Hall–Kier alpha value is -1.32. The molecule has 0 amide bonds. The predicted octanol–water partition coefficient (Wildman–Crippen LogP) is 5.49. The second kappa shape index (κ2) is 7.92. The maximum atomic E-state index is 6.31. The molecular weight excluding hydrogens is 330 g/mol. The Labute approximate surface area is 155 Å². The average Bonchev–Trinajstić information content (AvgIpc) is 3.13. The van der Waals surface area contributed by atoms with Crippen LogP contribution in [0.25, 0.3) is 11.3 Å². The van der Waals surface area contributed by atoms with Gasteiger partial charge in [-0.25, -0.2) is 0 Å². The first-order valence-electron chi connectivity index (χ1n) is 9.82. The molecule has 2 heterocycles. The summed E-state index contributed by atoms with van der Waals surface area (Å²) in [6, 6.07) is 10.2. The van der Waals surface area contributed by atoms with E-state index in [1.54, 1.807) is 0 Å². The lowest BCUT2D eigenvalue weighted by molar-refractivity contribution is 0.163. The molecule has 2 fully saturated rings. The zero-order valence-corrected chi connectivity index (χ0v) is 15.6. The molecule has 0 atom stereocenters. The normalized spacial score (nSPS) is 20.8. The largest absolute Gasteiger partial charge is 0.303 e. The zero-order chi connectivity index (χ0) is 17.1. The predicted molar refractivity (Wildman–Crippen MR) is 104 cm³/mol. The maximum absolute atomic E-state index is 6.31. The van der Waals surface area contributed by atoms with Gasteiger partial charge in [-0.1, -0.05) is 49.1 Å². The van der Waals surface area contributed by atoms with Crippen molar-refractivity contribution in [3.8, 4) is 11.3 Å². The molecule has 1 aromatic heterocycles. The molecule has 1 aromatic carbocycles. The molecule has 1 saturated carbocycles. The Bertz CT molecular complexity index is 682. The topological polar surface area (TPSA) is 31.9 Å². The highest BCUT2D eigenvalue weighted by molar-refractivity contribution is 6.33.